The lowest BCUT2D eigenvalue weighted by atomic mass is 9.98. The molecule has 0 saturated heterocycles. The second-order valence-corrected chi connectivity index (χ2v) is 7.42. The molecule has 0 saturated carbocycles. The SMILES string of the molecule is CCOc1cc2occ(-c3ccccc3OC)c2cc1/C(C)=C/C(=O)Nc1ccccc1F. The molecule has 6 heteroatoms. The van der Waals surface area contributed by atoms with Crippen molar-refractivity contribution in [2.24, 2.45) is 0 Å². The fourth-order valence-corrected chi connectivity index (χ4v) is 3.72. The van der Waals surface area contributed by atoms with E-state index in [1.165, 1.54) is 18.2 Å². The summed E-state index contributed by atoms with van der Waals surface area (Å²) < 4.78 is 31.1. The number of hydrogen-bond acceptors (Lipinski definition) is 4. The Kier molecular flexibility index (Phi) is 6.45. The molecule has 1 heterocycles. The predicted molar refractivity (Wildman–Crippen MR) is 128 cm³/mol. The third kappa shape index (κ3) is 4.60. The van der Waals surface area contributed by atoms with Crippen molar-refractivity contribution in [3.8, 4) is 22.6 Å². The quantitative estimate of drug-likeness (QED) is 0.322. The van der Waals surface area contributed by atoms with Crippen molar-refractivity contribution in [2.45, 2.75) is 13.8 Å². The van der Waals surface area contributed by atoms with Crippen LogP contribution in [0.4, 0.5) is 10.1 Å². The molecule has 1 aromatic heterocycles. The van der Waals surface area contributed by atoms with Crippen LogP contribution in [-0.4, -0.2) is 19.6 Å². The van der Waals surface area contributed by atoms with Gasteiger partial charge in [-0.15, -0.1) is 0 Å². The zero-order valence-electron chi connectivity index (χ0n) is 18.6. The van der Waals surface area contributed by atoms with Crippen LogP contribution in [0.15, 0.2) is 77.4 Å². The number of nitrogens with one attached hydrogen (secondary N) is 1. The minimum absolute atomic E-state index is 0.125. The van der Waals surface area contributed by atoms with Gasteiger partial charge in [0.25, 0.3) is 0 Å². The van der Waals surface area contributed by atoms with Crippen molar-refractivity contribution in [1.29, 1.82) is 0 Å². The van der Waals surface area contributed by atoms with Crippen molar-refractivity contribution in [2.75, 3.05) is 19.0 Å². The summed E-state index contributed by atoms with van der Waals surface area (Å²) in [5, 5.41) is 3.44. The third-order valence-electron chi connectivity index (χ3n) is 5.28. The molecule has 0 unspecified atom stereocenters. The Hall–Kier alpha value is -4.06. The van der Waals surface area contributed by atoms with Gasteiger partial charge in [-0.2, -0.15) is 0 Å². The van der Waals surface area contributed by atoms with E-state index in [1.807, 2.05) is 50.2 Å². The molecule has 1 N–H and O–H groups in total. The maximum Gasteiger partial charge on any atom is 0.248 e. The first-order chi connectivity index (χ1) is 16.0. The standard InChI is InChI=1S/C27H24FNO4/c1-4-32-25-15-26-20(21(16-33-26)18-9-5-8-12-24(18)31-3)14-19(25)17(2)13-27(30)29-23-11-7-6-10-22(23)28/h5-16H,4H2,1-3H3,(H,29,30)/b17-13+. The lowest BCUT2D eigenvalue weighted by molar-refractivity contribution is -0.111. The molecular formula is C27H24FNO4. The van der Waals surface area contributed by atoms with Gasteiger partial charge in [0.15, 0.2) is 0 Å². The molecule has 168 valence electrons. The summed E-state index contributed by atoms with van der Waals surface area (Å²) in [7, 11) is 1.63. The molecule has 0 atom stereocenters. The lowest BCUT2D eigenvalue weighted by Gasteiger charge is -2.12. The van der Waals surface area contributed by atoms with Gasteiger partial charge >= 0.3 is 0 Å². The number of carbonyl (C=O) groups is 1. The van der Waals surface area contributed by atoms with Gasteiger partial charge < -0.3 is 19.2 Å². The molecule has 0 spiro atoms. The largest absolute Gasteiger partial charge is 0.496 e. The highest BCUT2D eigenvalue weighted by atomic mass is 19.1. The molecule has 0 radical (unpaired) electrons. The van der Waals surface area contributed by atoms with Gasteiger partial charge in [0.1, 0.15) is 22.9 Å². The molecular weight excluding hydrogens is 421 g/mol. The molecule has 4 aromatic rings. The molecule has 0 aliphatic rings. The van der Waals surface area contributed by atoms with Crippen LogP contribution in [0.3, 0.4) is 0 Å². The number of carbonyl (C=O) groups excluding carboxylic acids is 1. The van der Waals surface area contributed by atoms with E-state index in [4.69, 9.17) is 13.9 Å². The topological polar surface area (TPSA) is 60.7 Å². The van der Waals surface area contributed by atoms with Gasteiger partial charge in [-0.25, -0.2) is 4.39 Å². The van der Waals surface area contributed by atoms with Gasteiger partial charge in [0.2, 0.25) is 5.91 Å². The highest BCUT2D eigenvalue weighted by Gasteiger charge is 2.17. The van der Waals surface area contributed by atoms with Crippen molar-refractivity contribution < 1.29 is 23.1 Å². The Morgan fingerprint density at radius 1 is 1.06 bits per heavy atom. The number of furan rings is 1. The maximum atomic E-state index is 13.9. The van der Waals surface area contributed by atoms with Gasteiger partial charge in [0.05, 0.1) is 25.7 Å². The minimum atomic E-state index is -0.492. The van der Waals surface area contributed by atoms with E-state index in [-0.39, 0.29) is 5.69 Å². The van der Waals surface area contributed by atoms with Crippen LogP contribution in [0.5, 0.6) is 11.5 Å². The molecule has 0 aliphatic heterocycles. The summed E-state index contributed by atoms with van der Waals surface area (Å²) in [6.07, 6.45) is 3.12. The number of ether oxygens (including phenoxy) is 2. The lowest BCUT2D eigenvalue weighted by Crippen LogP contribution is -2.10. The number of amides is 1. The fourth-order valence-electron chi connectivity index (χ4n) is 3.72. The van der Waals surface area contributed by atoms with E-state index in [2.05, 4.69) is 5.32 Å². The molecule has 0 fully saturated rings. The summed E-state index contributed by atoms with van der Waals surface area (Å²) in [6.45, 7) is 4.15. The van der Waals surface area contributed by atoms with E-state index in [0.717, 1.165) is 27.8 Å². The van der Waals surface area contributed by atoms with Gasteiger partial charge in [0, 0.05) is 34.2 Å². The van der Waals surface area contributed by atoms with E-state index >= 15 is 0 Å². The van der Waals surface area contributed by atoms with Crippen molar-refractivity contribution in [3.63, 3.8) is 0 Å². The summed E-state index contributed by atoms with van der Waals surface area (Å²) in [4.78, 5) is 12.6. The summed E-state index contributed by atoms with van der Waals surface area (Å²) in [5.41, 5.74) is 3.96. The van der Waals surface area contributed by atoms with E-state index < -0.39 is 11.7 Å². The molecule has 0 aliphatic carbocycles. The monoisotopic (exact) mass is 445 g/mol. The summed E-state index contributed by atoms with van der Waals surface area (Å²) >= 11 is 0. The van der Waals surface area contributed by atoms with Crippen LogP contribution in [0.2, 0.25) is 0 Å². The Morgan fingerprint density at radius 3 is 2.58 bits per heavy atom. The van der Waals surface area contributed by atoms with Crippen molar-refractivity contribution in [1.82, 2.24) is 0 Å². The number of allylic oxidation sites excluding steroid dienone is 1. The second-order valence-electron chi connectivity index (χ2n) is 7.42. The molecule has 33 heavy (non-hydrogen) atoms. The first-order valence-corrected chi connectivity index (χ1v) is 10.6. The van der Waals surface area contributed by atoms with Gasteiger partial charge in [-0.1, -0.05) is 30.3 Å². The molecule has 3 aromatic carbocycles. The Balaban J connectivity index is 1.76. The Labute approximate surface area is 191 Å². The van der Waals surface area contributed by atoms with Gasteiger partial charge in [-0.05, 0) is 43.7 Å². The van der Waals surface area contributed by atoms with E-state index in [0.29, 0.717) is 23.5 Å². The number of rotatable bonds is 7. The van der Waals surface area contributed by atoms with Gasteiger partial charge in [-0.3, -0.25) is 4.79 Å². The maximum absolute atomic E-state index is 13.9. The summed E-state index contributed by atoms with van der Waals surface area (Å²) in [6, 6.07) is 17.5. The summed E-state index contributed by atoms with van der Waals surface area (Å²) in [5.74, 6) is 0.399. The number of hydrogen-bond donors (Lipinski definition) is 1. The van der Waals surface area contributed by atoms with Crippen LogP contribution in [0, 0.1) is 5.82 Å². The first-order valence-electron chi connectivity index (χ1n) is 10.6. The average molecular weight is 445 g/mol. The number of benzene rings is 3. The van der Waals surface area contributed by atoms with Crippen LogP contribution in [0.1, 0.15) is 19.4 Å². The predicted octanol–water partition coefficient (Wildman–Crippen LogP) is 6.69. The zero-order chi connectivity index (χ0) is 23.4. The van der Waals surface area contributed by atoms with E-state index in [9.17, 15) is 9.18 Å². The second kappa shape index (κ2) is 9.61. The number of fused-ring (bicyclic) bond motifs is 1. The number of para-hydroxylation sites is 2. The van der Waals surface area contributed by atoms with Crippen molar-refractivity contribution in [3.05, 3.63) is 84.4 Å². The highest BCUT2D eigenvalue weighted by Crippen LogP contribution is 2.40. The van der Waals surface area contributed by atoms with Crippen LogP contribution >= 0.6 is 0 Å². The fraction of sp³-hybridized carbons (Fsp3) is 0.148. The molecule has 0 bridgehead atoms. The third-order valence-corrected chi connectivity index (χ3v) is 5.28. The number of methoxy groups -OCH3 is 1. The Morgan fingerprint density at radius 2 is 1.82 bits per heavy atom. The minimum Gasteiger partial charge on any atom is -0.496 e. The smallest absolute Gasteiger partial charge is 0.248 e. The number of halogens is 1. The normalized spacial score (nSPS) is 11.5. The van der Waals surface area contributed by atoms with Crippen LogP contribution in [0.25, 0.3) is 27.7 Å². The zero-order valence-corrected chi connectivity index (χ0v) is 18.6. The highest BCUT2D eigenvalue weighted by molar-refractivity contribution is 6.05. The Bertz CT molecular complexity index is 1340. The first kappa shape index (κ1) is 22.1. The van der Waals surface area contributed by atoms with Crippen LogP contribution in [-0.2, 0) is 4.79 Å². The van der Waals surface area contributed by atoms with E-state index in [1.54, 1.807) is 25.5 Å². The van der Waals surface area contributed by atoms with Crippen molar-refractivity contribution >= 4 is 28.1 Å². The molecule has 1 amide bonds. The van der Waals surface area contributed by atoms with Crippen LogP contribution < -0.4 is 14.8 Å². The molecule has 5 nitrogen and oxygen atoms in total. The molecule has 4 rings (SSSR count). The number of anilines is 1. The average Bonchev–Trinajstić information content (AvgIpc) is 3.22.